The van der Waals surface area contributed by atoms with Gasteiger partial charge in [0.15, 0.2) is 0 Å². The molecule has 1 aromatic rings. The van der Waals surface area contributed by atoms with Crippen molar-refractivity contribution in [3.05, 3.63) is 29.8 Å². The van der Waals surface area contributed by atoms with Crippen molar-refractivity contribution in [2.24, 2.45) is 11.7 Å². The summed E-state index contributed by atoms with van der Waals surface area (Å²) in [6.45, 7) is 0. The fourth-order valence-corrected chi connectivity index (χ4v) is 4.09. The predicted octanol–water partition coefficient (Wildman–Crippen LogP) is 4.13. The molecule has 0 amide bonds. The topological polar surface area (TPSA) is 35.2 Å². The van der Waals surface area contributed by atoms with Crippen molar-refractivity contribution >= 4 is 0 Å². The molecule has 21 heavy (non-hydrogen) atoms. The van der Waals surface area contributed by atoms with E-state index < -0.39 is 6.36 Å². The van der Waals surface area contributed by atoms with E-state index in [2.05, 4.69) is 4.74 Å². The number of ether oxygens (including phenoxy) is 1. The molecule has 2 N–H and O–H groups in total. The Kier molecular flexibility index (Phi) is 3.64. The van der Waals surface area contributed by atoms with E-state index in [0.29, 0.717) is 5.92 Å². The molecule has 5 heteroatoms. The lowest BCUT2D eigenvalue weighted by atomic mass is 9.56. The molecule has 2 aliphatic rings. The molecule has 0 spiro atoms. The minimum atomic E-state index is -4.64. The van der Waals surface area contributed by atoms with Gasteiger partial charge in [-0.2, -0.15) is 0 Å². The van der Waals surface area contributed by atoms with Gasteiger partial charge in [0, 0.05) is 6.04 Å². The number of benzene rings is 1. The molecular weight excluding hydrogens is 279 g/mol. The number of nitrogens with two attached hydrogens (primary N) is 1. The minimum absolute atomic E-state index is 0.0761. The van der Waals surface area contributed by atoms with Crippen LogP contribution in [0.15, 0.2) is 24.3 Å². The van der Waals surface area contributed by atoms with Crippen molar-refractivity contribution in [3.63, 3.8) is 0 Å². The molecule has 1 aromatic carbocycles. The number of rotatable bonds is 3. The Labute approximate surface area is 122 Å². The van der Waals surface area contributed by atoms with Crippen molar-refractivity contribution in [1.29, 1.82) is 0 Å². The van der Waals surface area contributed by atoms with Gasteiger partial charge in [-0.1, -0.05) is 25.0 Å². The second-order valence-electron chi connectivity index (χ2n) is 6.28. The summed E-state index contributed by atoms with van der Waals surface area (Å²) in [5.74, 6) is 0.303. The highest BCUT2D eigenvalue weighted by molar-refractivity contribution is 5.35. The quantitative estimate of drug-likeness (QED) is 0.910. The fourth-order valence-electron chi connectivity index (χ4n) is 4.09. The summed E-state index contributed by atoms with van der Waals surface area (Å²) in [4.78, 5) is 0. The summed E-state index contributed by atoms with van der Waals surface area (Å²) in [7, 11) is 0. The Bertz CT molecular complexity index is 493. The molecule has 116 valence electrons. The third-order valence-corrected chi connectivity index (χ3v) is 5.19. The van der Waals surface area contributed by atoms with Crippen LogP contribution in [0.5, 0.6) is 5.75 Å². The number of hydrogen-bond acceptors (Lipinski definition) is 2. The lowest BCUT2D eigenvalue weighted by Crippen LogP contribution is -2.47. The average Bonchev–Trinajstić information content (AvgIpc) is 2.75. The molecule has 0 aliphatic heterocycles. The van der Waals surface area contributed by atoms with E-state index in [1.807, 2.05) is 0 Å². The Morgan fingerprint density at radius 2 is 1.71 bits per heavy atom. The maximum atomic E-state index is 12.2. The molecule has 0 radical (unpaired) electrons. The standard InChI is InChI=1S/C16H20F3NO/c17-16(18,19)21-12-7-5-11(6-8-12)15(9-2-10-15)13-3-1-4-14(13)20/h5-8,13-14H,1-4,9-10,20H2/t13-,14+/m0/s1. The van der Waals surface area contributed by atoms with Crippen molar-refractivity contribution < 1.29 is 17.9 Å². The molecule has 0 heterocycles. The molecular formula is C16H20F3NO. The first-order chi connectivity index (χ1) is 9.91. The largest absolute Gasteiger partial charge is 0.573 e. The Morgan fingerprint density at radius 3 is 2.14 bits per heavy atom. The van der Waals surface area contributed by atoms with E-state index in [4.69, 9.17) is 5.73 Å². The molecule has 0 aromatic heterocycles. The first kappa shape index (κ1) is 14.7. The molecule has 3 rings (SSSR count). The van der Waals surface area contributed by atoms with Gasteiger partial charge in [-0.15, -0.1) is 13.2 Å². The van der Waals surface area contributed by atoms with Gasteiger partial charge < -0.3 is 10.5 Å². The van der Waals surface area contributed by atoms with Gasteiger partial charge in [-0.25, -0.2) is 0 Å². The van der Waals surface area contributed by atoms with Crippen LogP contribution in [0, 0.1) is 5.92 Å². The van der Waals surface area contributed by atoms with Gasteiger partial charge in [0.2, 0.25) is 0 Å². The lowest BCUT2D eigenvalue weighted by Gasteiger charge is -2.49. The maximum absolute atomic E-state index is 12.2. The van der Waals surface area contributed by atoms with Gasteiger partial charge in [-0.3, -0.25) is 0 Å². The summed E-state index contributed by atoms with van der Waals surface area (Å²) < 4.78 is 40.6. The van der Waals surface area contributed by atoms with Gasteiger partial charge in [0.25, 0.3) is 0 Å². The minimum Gasteiger partial charge on any atom is -0.406 e. The van der Waals surface area contributed by atoms with E-state index in [9.17, 15) is 13.2 Å². The Morgan fingerprint density at radius 1 is 1.05 bits per heavy atom. The van der Waals surface area contributed by atoms with Crippen molar-refractivity contribution in [1.82, 2.24) is 0 Å². The van der Waals surface area contributed by atoms with Crippen LogP contribution in [0.2, 0.25) is 0 Å². The zero-order valence-electron chi connectivity index (χ0n) is 11.8. The van der Waals surface area contributed by atoms with Gasteiger partial charge >= 0.3 is 6.36 Å². The van der Waals surface area contributed by atoms with Crippen molar-refractivity contribution in [2.45, 2.75) is 56.3 Å². The number of alkyl halides is 3. The molecule has 0 unspecified atom stereocenters. The van der Waals surface area contributed by atoms with E-state index >= 15 is 0 Å². The predicted molar refractivity (Wildman–Crippen MR) is 74.0 cm³/mol. The zero-order chi connectivity index (χ0) is 15.1. The summed E-state index contributed by atoms with van der Waals surface area (Å²) in [6, 6.07) is 6.62. The average molecular weight is 299 g/mol. The van der Waals surface area contributed by atoms with Crippen LogP contribution < -0.4 is 10.5 Å². The van der Waals surface area contributed by atoms with Crippen LogP contribution in [-0.2, 0) is 5.41 Å². The van der Waals surface area contributed by atoms with Crippen LogP contribution >= 0.6 is 0 Å². The first-order valence-electron chi connectivity index (χ1n) is 7.53. The molecule has 2 fully saturated rings. The molecule has 2 saturated carbocycles. The van der Waals surface area contributed by atoms with Crippen LogP contribution in [0.3, 0.4) is 0 Å². The summed E-state index contributed by atoms with van der Waals surface area (Å²) >= 11 is 0. The Balaban J connectivity index is 1.82. The monoisotopic (exact) mass is 299 g/mol. The van der Waals surface area contributed by atoms with E-state index in [1.165, 1.54) is 18.6 Å². The third-order valence-electron chi connectivity index (χ3n) is 5.19. The van der Waals surface area contributed by atoms with Gasteiger partial charge in [0.05, 0.1) is 0 Å². The highest BCUT2D eigenvalue weighted by Gasteiger charge is 2.48. The summed E-state index contributed by atoms with van der Waals surface area (Å²) in [5.41, 5.74) is 7.44. The van der Waals surface area contributed by atoms with Crippen LogP contribution in [0.25, 0.3) is 0 Å². The van der Waals surface area contributed by atoms with Crippen LogP contribution in [0.1, 0.15) is 44.1 Å². The zero-order valence-corrected chi connectivity index (χ0v) is 11.8. The molecule has 2 aliphatic carbocycles. The molecule has 2 nitrogen and oxygen atoms in total. The molecule has 0 saturated heterocycles. The molecule has 0 bridgehead atoms. The summed E-state index contributed by atoms with van der Waals surface area (Å²) in [6.07, 6.45) is 2.05. The van der Waals surface area contributed by atoms with Crippen molar-refractivity contribution in [3.8, 4) is 5.75 Å². The highest BCUT2D eigenvalue weighted by Crippen LogP contribution is 2.54. The highest BCUT2D eigenvalue weighted by atomic mass is 19.4. The Hall–Kier alpha value is -1.23. The SMILES string of the molecule is N[C@@H]1CCC[C@@H]1C1(c2ccc(OC(F)(F)F)cc2)CCC1. The smallest absolute Gasteiger partial charge is 0.406 e. The number of hydrogen-bond donors (Lipinski definition) is 1. The van der Waals surface area contributed by atoms with E-state index in [1.54, 1.807) is 12.1 Å². The first-order valence-corrected chi connectivity index (χ1v) is 7.53. The second kappa shape index (κ2) is 5.20. The van der Waals surface area contributed by atoms with Gasteiger partial charge in [-0.05, 0) is 54.7 Å². The molecule has 2 atom stereocenters. The number of halogens is 3. The van der Waals surface area contributed by atoms with Crippen molar-refractivity contribution in [2.75, 3.05) is 0 Å². The normalized spacial score (nSPS) is 28.2. The lowest BCUT2D eigenvalue weighted by molar-refractivity contribution is -0.274. The van der Waals surface area contributed by atoms with Crippen LogP contribution in [0.4, 0.5) is 13.2 Å². The second-order valence-corrected chi connectivity index (χ2v) is 6.28. The fraction of sp³-hybridized carbons (Fsp3) is 0.625. The maximum Gasteiger partial charge on any atom is 0.573 e. The van der Waals surface area contributed by atoms with E-state index in [-0.39, 0.29) is 17.2 Å². The third kappa shape index (κ3) is 2.76. The van der Waals surface area contributed by atoms with E-state index in [0.717, 1.165) is 37.7 Å². The van der Waals surface area contributed by atoms with Gasteiger partial charge in [0.1, 0.15) is 5.75 Å². The van der Waals surface area contributed by atoms with Crippen LogP contribution in [-0.4, -0.2) is 12.4 Å². The summed E-state index contributed by atoms with van der Waals surface area (Å²) in [5, 5.41) is 0.